The minimum Gasteiger partial charge on any atom is -0.301 e. The van der Waals surface area contributed by atoms with Crippen LogP contribution in [-0.4, -0.2) is 11.3 Å². The highest BCUT2D eigenvalue weighted by Gasteiger charge is 2.24. The number of aldehydes is 1. The second-order valence-electron chi connectivity index (χ2n) is 2.03. The van der Waals surface area contributed by atoms with E-state index in [1.165, 1.54) is 11.3 Å². The van der Waals surface area contributed by atoms with Crippen molar-refractivity contribution in [3.63, 3.8) is 0 Å². The molecular weight excluding hydrogens is 214 g/mol. The van der Waals surface area contributed by atoms with E-state index in [-0.39, 0.29) is 0 Å². The van der Waals surface area contributed by atoms with Crippen LogP contribution < -0.4 is 0 Å². The molecule has 0 saturated carbocycles. The van der Waals surface area contributed by atoms with Crippen molar-refractivity contribution in [1.82, 2.24) is 4.98 Å². The topological polar surface area (TPSA) is 30.0 Å². The van der Waals surface area contributed by atoms with Crippen molar-refractivity contribution in [2.24, 2.45) is 0 Å². The lowest BCUT2D eigenvalue weighted by atomic mass is 10.2. The van der Waals surface area contributed by atoms with E-state index in [9.17, 15) is 4.79 Å². The van der Waals surface area contributed by atoms with Crippen LogP contribution in [0.25, 0.3) is 0 Å². The van der Waals surface area contributed by atoms with Crippen molar-refractivity contribution in [2.75, 3.05) is 0 Å². The van der Waals surface area contributed by atoms with Gasteiger partial charge in [0.05, 0.1) is 0 Å². The maximum atomic E-state index is 10.4. The quantitative estimate of drug-likeness (QED) is 0.563. The predicted octanol–water partition coefficient (Wildman–Crippen LogP) is 1.95. The summed E-state index contributed by atoms with van der Waals surface area (Å²) in [7, 11) is 0. The number of thiazole rings is 1. The molecule has 4 heteroatoms. The number of carbonyl (C=O) groups excluding carboxylic acids is 1. The molecule has 1 rings (SSSR count). The van der Waals surface area contributed by atoms with Gasteiger partial charge < -0.3 is 4.79 Å². The van der Waals surface area contributed by atoms with Crippen LogP contribution in [0.2, 0.25) is 0 Å². The summed E-state index contributed by atoms with van der Waals surface area (Å²) in [6, 6.07) is 0. The summed E-state index contributed by atoms with van der Waals surface area (Å²) in [5, 5.41) is 2.64. The summed E-state index contributed by atoms with van der Waals surface area (Å²) >= 11 is 4.71. The van der Waals surface area contributed by atoms with Gasteiger partial charge in [0.2, 0.25) is 0 Å². The van der Waals surface area contributed by atoms with Gasteiger partial charge in [0.25, 0.3) is 0 Å². The number of halogens is 1. The summed E-state index contributed by atoms with van der Waals surface area (Å²) < 4.78 is -0.596. The van der Waals surface area contributed by atoms with E-state index in [0.717, 1.165) is 11.3 Å². The average molecular weight is 220 g/mol. The Labute approximate surface area is 71.4 Å². The zero-order valence-corrected chi connectivity index (χ0v) is 7.78. The Morgan fingerprint density at radius 3 is 3.00 bits per heavy atom. The summed E-state index contributed by atoms with van der Waals surface area (Å²) in [6.45, 7) is 1.78. The number of alkyl halides is 1. The van der Waals surface area contributed by atoms with Crippen molar-refractivity contribution >= 4 is 33.6 Å². The number of hydrogen-bond donors (Lipinski definition) is 0. The Morgan fingerprint density at radius 1 is 1.90 bits per heavy atom. The van der Waals surface area contributed by atoms with E-state index >= 15 is 0 Å². The highest BCUT2D eigenvalue weighted by molar-refractivity contribution is 9.10. The monoisotopic (exact) mass is 219 g/mol. The van der Waals surface area contributed by atoms with Gasteiger partial charge in [-0.15, -0.1) is 11.3 Å². The van der Waals surface area contributed by atoms with Crippen LogP contribution in [0, 0.1) is 0 Å². The number of carbonyl (C=O) groups is 1. The molecule has 0 aliphatic carbocycles. The van der Waals surface area contributed by atoms with Gasteiger partial charge in [0.1, 0.15) is 15.6 Å². The van der Waals surface area contributed by atoms with Gasteiger partial charge in [-0.1, -0.05) is 15.9 Å². The molecule has 0 saturated heterocycles. The molecule has 0 spiro atoms. The van der Waals surface area contributed by atoms with Gasteiger partial charge >= 0.3 is 0 Å². The first kappa shape index (κ1) is 7.88. The predicted molar refractivity (Wildman–Crippen MR) is 44.5 cm³/mol. The minimum absolute atomic E-state index is 0.596. The molecule has 0 radical (unpaired) electrons. The van der Waals surface area contributed by atoms with E-state index in [4.69, 9.17) is 0 Å². The molecule has 0 aromatic carbocycles. The van der Waals surface area contributed by atoms with Crippen molar-refractivity contribution in [3.8, 4) is 0 Å². The van der Waals surface area contributed by atoms with E-state index in [0.29, 0.717) is 0 Å². The molecule has 0 amide bonds. The molecule has 2 nitrogen and oxygen atoms in total. The second-order valence-corrected chi connectivity index (χ2v) is 4.57. The molecule has 0 aliphatic heterocycles. The average Bonchev–Trinajstić information content (AvgIpc) is 2.38. The van der Waals surface area contributed by atoms with E-state index in [1.54, 1.807) is 13.1 Å². The number of hydrogen-bond acceptors (Lipinski definition) is 3. The molecule has 1 aromatic heterocycles. The maximum absolute atomic E-state index is 10.4. The third kappa shape index (κ3) is 1.44. The normalized spacial score (nSPS) is 16.2. The first-order valence-electron chi connectivity index (χ1n) is 2.72. The van der Waals surface area contributed by atoms with Crippen LogP contribution >= 0.6 is 27.3 Å². The largest absolute Gasteiger partial charge is 0.301 e. The van der Waals surface area contributed by atoms with Crippen LogP contribution in [-0.2, 0) is 9.12 Å². The van der Waals surface area contributed by atoms with Gasteiger partial charge in [0, 0.05) is 11.6 Å². The van der Waals surface area contributed by atoms with Gasteiger partial charge in [-0.05, 0) is 6.92 Å². The zero-order valence-electron chi connectivity index (χ0n) is 5.37. The van der Waals surface area contributed by atoms with Crippen LogP contribution in [0.5, 0.6) is 0 Å². The van der Waals surface area contributed by atoms with Crippen molar-refractivity contribution in [2.45, 2.75) is 11.2 Å². The molecule has 1 heterocycles. The lowest BCUT2D eigenvalue weighted by Crippen LogP contribution is -2.13. The van der Waals surface area contributed by atoms with E-state index in [2.05, 4.69) is 20.9 Å². The maximum Gasteiger partial charge on any atom is 0.143 e. The third-order valence-electron chi connectivity index (χ3n) is 1.07. The number of aromatic nitrogens is 1. The van der Waals surface area contributed by atoms with Crippen LogP contribution in [0.4, 0.5) is 0 Å². The Hall–Kier alpha value is -0.220. The standard InChI is InChI=1S/C6H6BrNOS/c1-6(7,4-9)5-8-2-3-10-5/h2-4H,1H3. The number of rotatable bonds is 2. The first-order valence-corrected chi connectivity index (χ1v) is 4.39. The minimum atomic E-state index is -0.596. The molecule has 1 unspecified atom stereocenters. The molecular formula is C6H6BrNOS. The van der Waals surface area contributed by atoms with Crippen molar-refractivity contribution in [1.29, 1.82) is 0 Å². The summed E-state index contributed by atoms with van der Waals surface area (Å²) in [5.41, 5.74) is 0. The lowest BCUT2D eigenvalue weighted by Gasteiger charge is -2.08. The van der Waals surface area contributed by atoms with E-state index in [1.807, 2.05) is 5.38 Å². The van der Waals surface area contributed by atoms with Gasteiger partial charge in [-0.3, -0.25) is 0 Å². The Bertz CT molecular complexity index is 220. The van der Waals surface area contributed by atoms with Crippen molar-refractivity contribution < 1.29 is 4.79 Å². The highest BCUT2D eigenvalue weighted by atomic mass is 79.9. The Kier molecular flexibility index (Phi) is 2.21. The molecule has 0 N–H and O–H groups in total. The number of nitrogens with zero attached hydrogens (tertiary/aromatic N) is 1. The summed E-state index contributed by atoms with van der Waals surface area (Å²) in [5.74, 6) is 0. The molecule has 54 valence electrons. The van der Waals surface area contributed by atoms with Gasteiger partial charge in [0.15, 0.2) is 0 Å². The zero-order chi connectivity index (χ0) is 7.61. The molecule has 0 aliphatic rings. The van der Waals surface area contributed by atoms with Crippen LogP contribution in [0.1, 0.15) is 11.9 Å². The Balaban J connectivity index is 2.95. The summed E-state index contributed by atoms with van der Waals surface area (Å²) in [6.07, 6.45) is 2.52. The molecule has 1 atom stereocenters. The molecule has 10 heavy (non-hydrogen) atoms. The van der Waals surface area contributed by atoms with E-state index < -0.39 is 4.32 Å². The Morgan fingerprint density at radius 2 is 2.60 bits per heavy atom. The smallest absolute Gasteiger partial charge is 0.143 e. The second kappa shape index (κ2) is 2.80. The fourth-order valence-corrected chi connectivity index (χ4v) is 1.55. The summed E-state index contributed by atoms with van der Waals surface area (Å²) in [4.78, 5) is 14.4. The van der Waals surface area contributed by atoms with Crippen LogP contribution in [0.15, 0.2) is 11.6 Å². The SMILES string of the molecule is CC(Br)(C=O)c1nccs1. The highest BCUT2D eigenvalue weighted by Crippen LogP contribution is 2.29. The van der Waals surface area contributed by atoms with Crippen LogP contribution in [0.3, 0.4) is 0 Å². The molecule has 0 bridgehead atoms. The fourth-order valence-electron chi connectivity index (χ4n) is 0.515. The third-order valence-corrected chi connectivity index (χ3v) is 2.91. The van der Waals surface area contributed by atoms with Gasteiger partial charge in [-0.2, -0.15) is 0 Å². The van der Waals surface area contributed by atoms with Gasteiger partial charge in [-0.25, -0.2) is 4.98 Å². The molecule has 0 fully saturated rings. The molecule has 1 aromatic rings. The lowest BCUT2D eigenvalue weighted by molar-refractivity contribution is -0.109. The van der Waals surface area contributed by atoms with Crippen molar-refractivity contribution in [3.05, 3.63) is 16.6 Å². The first-order chi connectivity index (χ1) is 4.67. The fraction of sp³-hybridized carbons (Fsp3) is 0.333.